The van der Waals surface area contributed by atoms with Gasteiger partial charge in [0, 0.05) is 24.7 Å². The summed E-state index contributed by atoms with van der Waals surface area (Å²) in [6.45, 7) is 7.01. The molecule has 2 N–H and O–H groups in total. The highest BCUT2D eigenvalue weighted by Crippen LogP contribution is 2.37. The molecule has 8 heteroatoms. The first-order valence-electron chi connectivity index (χ1n) is 10.2. The number of imidazole rings is 1. The summed E-state index contributed by atoms with van der Waals surface area (Å²) in [5.74, 6) is 2.61. The average Bonchev–Trinajstić information content (AvgIpc) is 3.32. The van der Waals surface area contributed by atoms with Gasteiger partial charge in [-0.15, -0.1) is 0 Å². The number of hydrogen-bond donors (Lipinski definition) is 2. The van der Waals surface area contributed by atoms with E-state index < -0.39 is 0 Å². The average molecular weight is 394 g/mol. The molecule has 29 heavy (non-hydrogen) atoms. The zero-order chi connectivity index (χ0) is 20.0. The Kier molecular flexibility index (Phi) is 4.60. The predicted molar refractivity (Wildman–Crippen MR) is 109 cm³/mol. The molecule has 1 saturated heterocycles. The van der Waals surface area contributed by atoms with Crippen molar-refractivity contribution in [3.05, 3.63) is 36.3 Å². The van der Waals surface area contributed by atoms with Crippen molar-refractivity contribution in [2.45, 2.75) is 44.9 Å². The van der Waals surface area contributed by atoms with Crippen molar-refractivity contribution in [3.8, 4) is 28.7 Å². The summed E-state index contributed by atoms with van der Waals surface area (Å²) in [6, 6.07) is 6.46. The molecule has 0 spiro atoms. The van der Waals surface area contributed by atoms with Gasteiger partial charge in [-0.1, -0.05) is 6.07 Å². The van der Waals surface area contributed by atoms with Crippen LogP contribution in [0.15, 0.2) is 30.7 Å². The number of nitrogens with zero attached hydrogens (tertiary/aromatic N) is 5. The zero-order valence-corrected chi connectivity index (χ0v) is 16.7. The highest BCUT2D eigenvalue weighted by atomic mass is 16.5. The van der Waals surface area contributed by atoms with Gasteiger partial charge in [-0.3, -0.25) is 0 Å². The van der Waals surface area contributed by atoms with Gasteiger partial charge in [0.2, 0.25) is 0 Å². The lowest BCUT2D eigenvalue weighted by atomic mass is 9.87. The summed E-state index contributed by atoms with van der Waals surface area (Å²) in [7, 11) is 0. The van der Waals surface area contributed by atoms with Crippen LogP contribution in [-0.2, 0) is 6.54 Å². The quantitative estimate of drug-likeness (QED) is 0.708. The maximum absolute atomic E-state index is 10.4. The van der Waals surface area contributed by atoms with E-state index in [0.29, 0.717) is 13.2 Å². The van der Waals surface area contributed by atoms with Gasteiger partial charge < -0.3 is 19.7 Å². The Morgan fingerprint density at radius 2 is 2.17 bits per heavy atom. The van der Waals surface area contributed by atoms with Gasteiger partial charge in [0.15, 0.2) is 5.82 Å². The van der Waals surface area contributed by atoms with Gasteiger partial charge in [0.25, 0.3) is 0 Å². The Labute approximate surface area is 169 Å². The van der Waals surface area contributed by atoms with Crippen molar-refractivity contribution >= 4 is 0 Å². The fourth-order valence-corrected chi connectivity index (χ4v) is 4.28. The number of benzene rings is 1. The number of nitrogens with one attached hydrogen (secondary N) is 1. The Morgan fingerprint density at radius 1 is 1.28 bits per heavy atom. The topological polar surface area (TPSA) is 90.0 Å². The van der Waals surface area contributed by atoms with Crippen molar-refractivity contribution in [1.82, 2.24) is 29.6 Å². The first-order chi connectivity index (χ1) is 14.1. The molecule has 2 aromatic heterocycles. The molecule has 152 valence electrons. The normalized spacial score (nSPS) is 21.4. The number of hydrogen-bond acceptors (Lipinski definition) is 6. The summed E-state index contributed by atoms with van der Waals surface area (Å²) in [4.78, 5) is 9.32. The molecular formula is C21H26N6O2. The highest BCUT2D eigenvalue weighted by Gasteiger charge is 2.27. The molecule has 2 atom stereocenters. The van der Waals surface area contributed by atoms with Crippen molar-refractivity contribution in [2.75, 3.05) is 19.7 Å². The second-order valence-electron chi connectivity index (χ2n) is 8.04. The van der Waals surface area contributed by atoms with Crippen LogP contribution >= 0.6 is 0 Å². The Morgan fingerprint density at radius 3 is 3.00 bits per heavy atom. The van der Waals surface area contributed by atoms with E-state index in [-0.39, 0.29) is 18.1 Å². The van der Waals surface area contributed by atoms with E-state index in [0.717, 1.165) is 53.7 Å². The Bertz CT molecular complexity index is 1020. The number of β-amino-alcohol motifs (C(OH)–C–C–N with tert-alkyl or cyclic N) is 1. The van der Waals surface area contributed by atoms with Crippen LogP contribution in [0.1, 0.15) is 37.8 Å². The fourth-order valence-electron chi connectivity index (χ4n) is 4.28. The summed E-state index contributed by atoms with van der Waals surface area (Å²) in [6.07, 6.45) is 4.15. The summed E-state index contributed by atoms with van der Waals surface area (Å²) >= 11 is 0. The molecule has 0 saturated carbocycles. The van der Waals surface area contributed by atoms with Crippen molar-refractivity contribution in [2.24, 2.45) is 0 Å². The number of aromatic nitrogens is 5. The molecule has 0 aliphatic carbocycles. The third-order valence-electron chi connectivity index (χ3n) is 5.78. The van der Waals surface area contributed by atoms with Crippen LogP contribution in [0.4, 0.5) is 0 Å². The number of aliphatic hydroxyl groups is 1. The maximum atomic E-state index is 10.4. The molecule has 0 unspecified atom stereocenters. The molecule has 1 aromatic carbocycles. The molecule has 2 aliphatic heterocycles. The highest BCUT2D eigenvalue weighted by molar-refractivity contribution is 5.69. The smallest absolute Gasteiger partial charge is 0.178 e. The number of fused-ring (bicyclic) bond motifs is 3. The minimum Gasteiger partial charge on any atom is -0.491 e. The fraction of sp³-hybridized carbons (Fsp3) is 0.476. The van der Waals surface area contributed by atoms with Gasteiger partial charge in [-0.05, 0) is 44.5 Å². The molecular weight excluding hydrogens is 368 g/mol. The van der Waals surface area contributed by atoms with Gasteiger partial charge in [0.1, 0.15) is 30.2 Å². The van der Waals surface area contributed by atoms with Crippen LogP contribution in [0, 0.1) is 0 Å². The standard InChI is InChI=1S/C21H26N6O2/c1-13(2)27-21(23-12-24-27)17-11-26-7-8-29-19-9-14(3-4-16(19)20(26)25-17)15-5-6-22-10-18(15)28/h3-4,9,11-13,15,18,22,28H,5-8,10H2,1-2H3/t15-,18-/m1/s1. The third-order valence-corrected chi connectivity index (χ3v) is 5.78. The van der Waals surface area contributed by atoms with E-state index in [1.54, 1.807) is 6.33 Å². The molecule has 0 radical (unpaired) electrons. The lowest BCUT2D eigenvalue weighted by Crippen LogP contribution is -2.39. The molecule has 3 aromatic rings. The predicted octanol–water partition coefficient (Wildman–Crippen LogP) is 2.22. The van der Waals surface area contributed by atoms with Crippen LogP contribution in [0.25, 0.3) is 22.9 Å². The van der Waals surface area contributed by atoms with E-state index >= 15 is 0 Å². The molecule has 0 bridgehead atoms. The molecule has 5 rings (SSSR count). The van der Waals surface area contributed by atoms with Crippen LogP contribution in [0.5, 0.6) is 5.75 Å². The zero-order valence-electron chi connectivity index (χ0n) is 16.7. The van der Waals surface area contributed by atoms with E-state index in [1.807, 2.05) is 10.9 Å². The number of rotatable bonds is 3. The molecule has 0 amide bonds. The number of piperidine rings is 1. The van der Waals surface area contributed by atoms with Gasteiger partial charge in [0.05, 0.1) is 18.2 Å². The first kappa shape index (κ1) is 18.3. The van der Waals surface area contributed by atoms with E-state index in [4.69, 9.17) is 9.72 Å². The first-order valence-corrected chi connectivity index (χ1v) is 10.2. The van der Waals surface area contributed by atoms with Crippen molar-refractivity contribution in [3.63, 3.8) is 0 Å². The second kappa shape index (κ2) is 7.27. The number of aliphatic hydroxyl groups excluding tert-OH is 1. The minimum absolute atomic E-state index is 0.133. The lowest BCUT2D eigenvalue weighted by molar-refractivity contribution is 0.118. The molecule has 8 nitrogen and oxygen atoms in total. The SMILES string of the molecule is CC(C)n1ncnc1-c1cn2c(n1)-c1ccc([C@H]3CCNC[C@H]3O)cc1OCC2. The molecule has 2 aliphatic rings. The Hall–Kier alpha value is -2.71. The monoisotopic (exact) mass is 394 g/mol. The minimum atomic E-state index is -0.372. The lowest BCUT2D eigenvalue weighted by Gasteiger charge is -2.29. The van der Waals surface area contributed by atoms with E-state index in [1.165, 1.54) is 0 Å². The summed E-state index contributed by atoms with van der Waals surface area (Å²) < 4.78 is 10.1. The summed E-state index contributed by atoms with van der Waals surface area (Å²) in [5, 5.41) is 18.0. The third kappa shape index (κ3) is 3.22. The largest absolute Gasteiger partial charge is 0.491 e. The van der Waals surface area contributed by atoms with Gasteiger partial charge in [-0.2, -0.15) is 5.10 Å². The number of ether oxygens (including phenoxy) is 1. The van der Waals surface area contributed by atoms with E-state index in [2.05, 4.69) is 52.0 Å². The van der Waals surface area contributed by atoms with Crippen LogP contribution in [0.3, 0.4) is 0 Å². The summed E-state index contributed by atoms with van der Waals surface area (Å²) in [5.41, 5.74) is 2.91. The van der Waals surface area contributed by atoms with Crippen LogP contribution in [0.2, 0.25) is 0 Å². The van der Waals surface area contributed by atoms with Crippen LogP contribution in [-0.4, -0.2) is 55.2 Å². The maximum Gasteiger partial charge on any atom is 0.178 e. The van der Waals surface area contributed by atoms with Crippen molar-refractivity contribution < 1.29 is 9.84 Å². The second-order valence-corrected chi connectivity index (χ2v) is 8.04. The van der Waals surface area contributed by atoms with Crippen molar-refractivity contribution in [1.29, 1.82) is 0 Å². The van der Waals surface area contributed by atoms with Gasteiger partial charge in [-0.25, -0.2) is 14.6 Å². The Balaban J connectivity index is 1.54. The van der Waals surface area contributed by atoms with Gasteiger partial charge >= 0.3 is 0 Å². The van der Waals surface area contributed by atoms with Crippen LogP contribution < -0.4 is 10.1 Å². The van der Waals surface area contributed by atoms with E-state index in [9.17, 15) is 5.11 Å². The molecule has 1 fully saturated rings. The molecule has 4 heterocycles.